The number of rotatable bonds is 5. The molecular formula is C20H19FN4O. The van der Waals surface area contributed by atoms with Crippen molar-refractivity contribution in [3.63, 3.8) is 0 Å². The van der Waals surface area contributed by atoms with E-state index in [2.05, 4.69) is 15.3 Å². The normalized spacial score (nSPS) is 15.3. The highest BCUT2D eigenvalue weighted by atomic mass is 19.1. The van der Waals surface area contributed by atoms with Crippen LogP contribution >= 0.6 is 0 Å². The number of benzene rings is 1. The molecule has 1 amide bonds. The zero-order valence-corrected chi connectivity index (χ0v) is 14.2. The first-order chi connectivity index (χ1) is 12.7. The van der Waals surface area contributed by atoms with Gasteiger partial charge in [-0.2, -0.15) is 0 Å². The van der Waals surface area contributed by atoms with E-state index in [-0.39, 0.29) is 11.7 Å². The lowest BCUT2D eigenvalue weighted by molar-refractivity contribution is -0.130. The second-order valence-electron chi connectivity index (χ2n) is 6.62. The number of carbonyl (C=O) groups is 1. The molecule has 1 aliphatic carbocycles. The van der Waals surface area contributed by atoms with Crippen LogP contribution in [0.3, 0.4) is 0 Å². The molecule has 0 radical (unpaired) electrons. The largest absolute Gasteiger partial charge is 0.351 e. The summed E-state index contributed by atoms with van der Waals surface area (Å²) in [6.45, 7) is 0.396. The maximum absolute atomic E-state index is 13.6. The van der Waals surface area contributed by atoms with Crippen LogP contribution in [0.15, 0.2) is 61.3 Å². The van der Waals surface area contributed by atoms with Crippen molar-refractivity contribution in [3.8, 4) is 5.82 Å². The molecule has 5 nitrogen and oxygen atoms in total. The maximum atomic E-state index is 13.6. The molecule has 1 fully saturated rings. The standard InChI is InChI=1S/C20H19FN4O/c21-17-4-1-3-16(11-17)20(7-2-8-20)19(26)24-13-15-5-6-18(23-12-15)25-10-9-22-14-25/h1,3-6,9-12,14H,2,7-8,13H2,(H,24,26). The number of nitrogens with one attached hydrogen (secondary N) is 1. The minimum Gasteiger partial charge on any atom is -0.351 e. The van der Waals surface area contributed by atoms with Crippen LogP contribution in [0.25, 0.3) is 5.82 Å². The lowest BCUT2D eigenvalue weighted by atomic mass is 9.64. The molecule has 1 saturated carbocycles. The van der Waals surface area contributed by atoms with Gasteiger partial charge in [0.25, 0.3) is 0 Å². The topological polar surface area (TPSA) is 59.8 Å². The van der Waals surface area contributed by atoms with Crippen molar-refractivity contribution >= 4 is 5.91 Å². The smallest absolute Gasteiger partial charge is 0.230 e. The molecule has 6 heteroatoms. The Morgan fingerprint density at radius 2 is 2.15 bits per heavy atom. The molecule has 1 N–H and O–H groups in total. The van der Waals surface area contributed by atoms with Gasteiger partial charge in [-0.1, -0.05) is 24.6 Å². The minimum absolute atomic E-state index is 0.0481. The van der Waals surface area contributed by atoms with Gasteiger partial charge >= 0.3 is 0 Å². The predicted molar refractivity (Wildman–Crippen MR) is 95.1 cm³/mol. The average molecular weight is 350 g/mol. The molecule has 1 aromatic carbocycles. The number of aromatic nitrogens is 3. The molecule has 4 rings (SSSR count). The first-order valence-electron chi connectivity index (χ1n) is 8.65. The average Bonchev–Trinajstić information content (AvgIpc) is 3.14. The van der Waals surface area contributed by atoms with Crippen LogP contribution in [-0.4, -0.2) is 20.4 Å². The van der Waals surface area contributed by atoms with Gasteiger partial charge in [0.15, 0.2) is 0 Å². The van der Waals surface area contributed by atoms with Crippen LogP contribution in [0.2, 0.25) is 0 Å². The summed E-state index contributed by atoms with van der Waals surface area (Å²) in [4.78, 5) is 21.2. The maximum Gasteiger partial charge on any atom is 0.230 e. The predicted octanol–water partition coefficient (Wildman–Crippen LogP) is 3.14. The van der Waals surface area contributed by atoms with Crippen LogP contribution in [0, 0.1) is 5.82 Å². The van der Waals surface area contributed by atoms with E-state index in [1.807, 2.05) is 29.0 Å². The number of hydrogen-bond donors (Lipinski definition) is 1. The molecule has 2 aromatic heterocycles. The van der Waals surface area contributed by atoms with Crippen LogP contribution < -0.4 is 5.32 Å². The van der Waals surface area contributed by atoms with E-state index in [1.54, 1.807) is 24.8 Å². The van der Waals surface area contributed by atoms with Crippen molar-refractivity contribution in [2.75, 3.05) is 0 Å². The van der Waals surface area contributed by atoms with Gasteiger partial charge in [-0.15, -0.1) is 0 Å². The second kappa shape index (κ2) is 6.71. The molecular weight excluding hydrogens is 331 g/mol. The molecule has 0 bridgehead atoms. The Hall–Kier alpha value is -3.02. The quantitative estimate of drug-likeness (QED) is 0.769. The number of amides is 1. The van der Waals surface area contributed by atoms with E-state index in [1.165, 1.54) is 12.1 Å². The van der Waals surface area contributed by atoms with Gasteiger partial charge in [0.05, 0.1) is 5.41 Å². The fraction of sp³-hybridized carbons (Fsp3) is 0.250. The Balaban J connectivity index is 1.44. The van der Waals surface area contributed by atoms with Gasteiger partial charge < -0.3 is 5.32 Å². The minimum atomic E-state index is -0.605. The van der Waals surface area contributed by atoms with Crippen LogP contribution in [0.1, 0.15) is 30.4 Å². The summed E-state index contributed by atoms with van der Waals surface area (Å²) in [5.74, 6) is 0.418. The number of pyridine rings is 1. The Labute approximate surface area is 150 Å². The summed E-state index contributed by atoms with van der Waals surface area (Å²) in [5, 5.41) is 2.99. The van der Waals surface area contributed by atoms with Crippen molar-refractivity contribution in [1.29, 1.82) is 0 Å². The van der Waals surface area contributed by atoms with Crippen molar-refractivity contribution in [1.82, 2.24) is 19.9 Å². The number of nitrogens with zero attached hydrogens (tertiary/aromatic N) is 3. The van der Waals surface area contributed by atoms with Crippen LogP contribution in [0.4, 0.5) is 4.39 Å². The second-order valence-corrected chi connectivity index (χ2v) is 6.62. The summed E-state index contributed by atoms with van der Waals surface area (Å²) >= 11 is 0. The lowest BCUT2D eigenvalue weighted by Gasteiger charge is -2.40. The SMILES string of the molecule is O=C(NCc1ccc(-n2ccnc2)nc1)C1(c2cccc(F)c2)CCC1. The van der Waals surface area contributed by atoms with Crippen molar-refractivity contribution in [2.45, 2.75) is 31.2 Å². The number of carbonyl (C=O) groups excluding carboxylic acids is 1. The van der Waals surface area contributed by atoms with Crippen LogP contribution in [-0.2, 0) is 16.8 Å². The van der Waals surface area contributed by atoms with E-state index in [0.717, 1.165) is 36.2 Å². The van der Waals surface area contributed by atoms with Gasteiger partial charge in [-0.25, -0.2) is 14.4 Å². The van der Waals surface area contributed by atoms with Gasteiger partial charge in [-0.3, -0.25) is 9.36 Å². The fourth-order valence-electron chi connectivity index (χ4n) is 3.38. The first-order valence-corrected chi connectivity index (χ1v) is 8.65. The highest BCUT2D eigenvalue weighted by molar-refractivity contribution is 5.89. The number of hydrogen-bond acceptors (Lipinski definition) is 3. The molecule has 132 valence electrons. The third kappa shape index (κ3) is 2.98. The number of imidazole rings is 1. The highest BCUT2D eigenvalue weighted by Gasteiger charge is 2.45. The molecule has 0 spiro atoms. The van der Waals surface area contributed by atoms with E-state index < -0.39 is 5.41 Å². The lowest BCUT2D eigenvalue weighted by Crippen LogP contribution is -2.49. The summed E-state index contributed by atoms with van der Waals surface area (Å²) in [5.41, 5.74) is 1.07. The molecule has 2 heterocycles. The third-order valence-corrected chi connectivity index (χ3v) is 5.05. The first kappa shape index (κ1) is 16.4. The molecule has 0 atom stereocenters. The van der Waals surface area contributed by atoms with Gasteiger partial charge in [0, 0.05) is 25.1 Å². The molecule has 1 aliphatic rings. The molecule has 0 saturated heterocycles. The summed E-state index contributed by atoms with van der Waals surface area (Å²) < 4.78 is 15.4. The summed E-state index contributed by atoms with van der Waals surface area (Å²) in [6.07, 6.45) is 9.42. The Bertz CT molecular complexity index is 902. The Kier molecular flexibility index (Phi) is 4.24. The van der Waals surface area contributed by atoms with E-state index in [9.17, 15) is 9.18 Å². The van der Waals surface area contributed by atoms with Gasteiger partial charge in [0.1, 0.15) is 18.0 Å². The third-order valence-electron chi connectivity index (χ3n) is 5.05. The Morgan fingerprint density at radius 3 is 2.77 bits per heavy atom. The van der Waals surface area contributed by atoms with Crippen LogP contribution in [0.5, 0.6) is 0 Å². The summed E-state index contributed by atoms with van der Waals surface area (Å²) in [7, 11) is 0. The molecule has 3 aromatic rings. The molecule has 0 unspecified atom stereocenters. The molecule has 0 aliphatic heterocycles. The van der Waals surface area contributed by atoms with E-state index in [4.69, 9.17) is 0 Å². The zero-order valence-electron chi connectivity index (χ0n) is 14.2. The molecule has 26 heavy (non-hydrogen) atoms. The van der Waals surface area contributed by atoms with Gasteiger partial charge in [-0.05, 0) is 42.2 Å². The van der Waals surface area contributed by atoms with E-state index >= 15 is 0 Å². The number of halogens is 1. The van der Waals surface area contributed by atoms with Crippen molar-refractivity contribution in [3.05, 3.63) is 78.3 Å². The Morgan fingerprint density at radius 1 is 1.27 bits per heavy atom. The monoisotopic (exact) mass is 350 g/mol. The van der Waals surface area contributed by atoms with Crippen molar-refractivity contribution in [2.24, 2.45) is 0 Å². The summed E-state index contributed by atoms with van der Waals surface area (Å²) in [6, 6.07) is 10.2. The van der Waals surface area contributed by atoms with E-state index in [0.29, 0.717) is 6.54 Å². The highest BCUT2D eigenvalue weighted by Crippen LogP contribution is 2.44. The zero-order chi connectivity index (χ0) is 18.0. The van der Waals surface area contributed by atoms with Crippen molar-refractivity contribution < 1.29 is 9.18 Å². The van der Waals surface area contributed by atoms with Gasteiger partial charge in [0.2, 0.25) is 5.91 Å². The fourth-order valence-corrected chi connectivity index (χ4v) is 3.38.